The van der Waals surface area contributed by atoms with E-state index in [9.17, 15) is 14.0 Å². The van der Waals surface area contributed by atoms with Crippen molar-refractivity contribution in [2.45, 2.75) is 19.3 Å². The van der Waals surface area contributed by atoms with Gasteiger partial charge in [-0.15, -0.1) is 0 Å². The van der Waals surface area contributed by atoms with Crippen molar-refractivity contribution in [1.29, 1.82) is 0 Å². The highest BCUT2D eigenvalue weighted by molar-refractivity contribution is 5.93. The second-order valence-corrected chi connectivity index (χ2v) is 7.02. The molecule has 1 saturated heterocycles. The molecule has 0 bridgehead atoms. The summed E-state index contributed by atoms with van der Waals surface area (Å²) in [4.78, 5) is 26.7. The Bertz CT molecular complexity index is 894. The Balaban J connectivity index is 1.28. The second kappa shape index (κ2) is 7.88. The van der Waals surface area contributed by atoms with Crippen LogP contribution >= 0.6 is 0 Å². The third-order valence-electron chi connectivity index (χ3n) is 5.10. The maximum atomic E-state index is 13.3. The Morgan fingerprint density at radius 1 is 1.07 bits per heavy atom. The molecule has 2 aliphatic rings. The predicted octanol–water partition coefficient (Wildman–Crippen LogP) is 2.97. The Labute approximate surface area is 162 Å². The molecular formula is C21H21FN2O4. The highest BCUT2D eigenvalue weighted by atomic mass is 19.1. The van der Waals surface area contributed by atoms with Crippen molar-refractivity contribution in [2.24, 2.45) is 5.92 Å². The first kappa shape index (κ1) is 18.3. The van der Waals surface area contributed by atoms with Gasteiger partial charge in [-0.05, 0) is 42.7 Å². The first-order chi connectivity index (χ1) is 13.6. The smallest absolute Gasteiger partial charge is 0.231 e. The zero-order chi connectivity index (χ0) is 19.5. The number of hydrogen-bond acceptors (Lipinski definition) is 4. The van der Waals surface area contributed by atoms with Crippen LogP contribution in [0.3, 0.4) is 0 Å². The quantitative estimate of drug-likeness (QED) is 0.880. The van der Waals surface area contributed by atoms with Crippen LogP contribution in [0.4, 0.5) is 10.1 Å². The van der Waals surface area contributed by atoms with Gasteiger partial charge in [0.05, 0.1) is 6.42 Å². The van der Waals surface area contributed by atoms with Crippen molar-refractivity contribution in [3.05, 3.63) is 53.8 Å². The Kier molecular flexibility index (Phi) is 5.14. The summed E-state index contributed by atoms with van der Waals surface area (Å²) in [5, 5.41) is 2.91. The van der Waals surface area contributed by atoms with Crippen LogP contribution in [0.25, 0.3) is 0 Å². The van der Waals surface area contributed by atoms with E-state index in [1.807, 2.05) is 0 Å². The van der Waals surface area contributed by atoms with Crippen molar-refractivity contribution in [3.63, 3.8) is 0 Å². The summed E-state index contributed by atoms with van der Waals surface area (Å²) in [6.07, 6.45) is 1.38. The predicted molar refractivity (Wildman–Crippen MR) is 101 cm³/mol. The average molecular weight is 384 g/mol. The lowest BCUT2D eigenvalue weighted by Gasteiger charge is -2.31. The molecule has 6 nitrogen and oxygen atoms in total. The van der Waals surface area contributed by atoms with Gasteiger partial charge in [-0.2, -0.15) is 0 Å². The van der Waals surface area contributed by atoms with E-state index in [2.05, 4.69) is 5.32 Å². The lowest BCUT2D eigenvalue weighted by molar-refractivity contribution is -0.133. The van der Waals surface area contributed by atoms with Crippen molar-refractivity contribution in [2.75, 3.05) is 25.2 Å². The third-order valence-corrected chi connectivity index (χ3v) is 5.10. The van der Waals surface area contributed by atoms with E-state index in [1.54, 1.807) is 35.2 Å². The molecule has 2 amide bonds. The number of rotatable bonds is 4. The van der Waals surface area contributed by atoms with Crippen LogP contribution in [0.5, 0.6) is 11.5 Å². The van der Waals surface area contributed by atoms with Gasteiger partial charge in [0.25, 0.3) is 0 Å². The van der Waals surface area contributed by atoms with Crippen molar-refractivity contribution in [1.82, 2.24) is 4.90 Å². The van der Waals surface area contributed by atoms with Gasteiger partial charge in [0.15, 0.2) is 11.5 Å². The number of ether oxygens (including phenoxy) is 2. The molecule has 146 valence electrons. The van der Waals surface area contributed by atoms with Gasteiger partial charge in [0.2, 0.25) is 18.6 Å². The normalized spacial score (nSPS) is 16.1. The average Bonchev–Trinajstić information content (AvgIpc) is 3.16. The van der Waals surface area contributed by atoms with Gasteiger partial charge in [-0.3, -0.25) is 9.59 Å². The van der Waals surface area contributed by atoms with E-state index in [0.29, 0.717) is 48.7 Å². The van der Waals surface area contributed by atoms with Crippen LogP contribution in [0, 0.1) is 11.7 Å². The maximum absolute atomic E-state index is 13.3. The van der Waals surface area contributed by atoms with E-state index in [1.165, 1.54) is 12.1 Å². The maximum Gasteiger partial charge on any atom is 0.231 e. The summed E-state index contributed by atoms with van der Waals surface area (Å²) in [5.74, 6) is 0.697. The first-order valence-corrected chi connectivity index (χ1v) is 9.31. The zero-order valence-corrected chi connectivity index (χ0v) is 15.3. The number of benzene rings is 2. The SMILES string of the molecule is O=C(Nc1ccc2c(c1)OCO2)C1CCN(C(=O)Cc2cccc(F)c2)CC1. The van der Waals surface area contributed by atoms with Crippen LogP contribution < -0.4 is 14.8 Å². The number of nitrogens with one attached hydrogen (secondary N) is 1. The van der Waals surface area contributed by atoms with Gasteiger partial charge >= 0.3 is 0 Å². The summed E-state index contributed by atoms with van der Waals surface area (Å²) in [6.45, 7) is 1.23. The fourth-order valence-electron chi connectivity index (χ4n) is 3.54. The van der Waals surface area contributed by atoms with Gasteiger partial charge in [-0.25, -0.2) is 4.39 Å². The summed E-state index contributed by atoms with van der Waals surface area (Å²) in [5.41, 5.74) is 1.33. The van der Waals surface area contributed by atoms with Gasteiger partial charge < -0.3 is 19.7 Å². The van der Waals surface area contributed by atoms with E-state index >= 15 is 0 Å². The molecule has 0 spiro atoms. The molecule has 0 aliphatic carbocycles. The van der Waals surface area contributed by atoms with Gasteiger partial charge in [0, 0.05) is 30.8 Å². The molecule has 7 heteroatoms. The molecule has 2 aromatic carbocycles. The van der Waals surface area contributed by atoms with E-state index in [4.69, 9.17) is 9.47 Å². The summed E-state index contributed by atoms with van der Waals surface area (Å²) < 4.78 is 23.9. The summed E-state index contributed by atoms with van der Waals surface area (Å²) in [7, 11) is 0. The van der Waals surface area contributed by atoms with E-state index < -0.39 is 0 Å². The number of piperidine rings is 1. The number of likely N-dealkylation sites (tertiary alicyclic amines) is 1. The highest BCUT2D eigenvalue weighted by Crippen LogP contribution is 2.34. The lowest BCUT2D eigenvalue weighted by Crippen LogP contribution is -2.42. The first-order valence-electron chi connectivity index (χ1n) is 9.31. The molecule has 4 rings (SSSR count). The van der Waals surface area contributed by atoms with E-state index in [0.717, 1.165) is 0 Å². The number of anilines is 1. The topological polar surface area (TPSA) is 67.9 Å². The Morgan fingerprint density at radius 2 is 1.86 bits per heavy atom. The fourth-order valence-corrected chi connectivity index (χ4v) is 3.54. The highest BCUT2D eigenvalue weighted by Gasteiger charge is 2.27. The Hall–Kier alpha value is -3.09. The molecule has 2 aliphatic heterocycles. The summed E-state index contributed by atoms with van der Waals surface area (Å²) in [6, 6.07) is 11.4. The third kappa shape index (κ3) is 4.08. The summed E-state index contributed by atoms with van der Waals surface area (Å²) >= 11 is 0. The van der Waals surface area contributed by atoms with Crippen LogP contribution in [-0.2, 0) is 16.0 Å². The number of halogens is 1. The number of amides is 2. The van der Waals surface area contributed by atoms with Crippen molar-refractivity contribution >= 4 is 17.5 Å². The van der Waals surface area contributed by atoms with Crippen LogP contribution in [0.15, 0.2) is 42.5 Å². The molecule has 1 fully saturated rings. The molecule has 0 saturated carbocycles. The number of nitrogens with zero attached hydrogens (tertiary/aromatic N) is 1. The monoisotopic (exact) mass is 384 g/mol. The minimum absolute atomic E-state index is 0.0415. The molecule has 28 heavy (non-hydrogen) atoms. The standard InChI is InChI=1S/C21H21FN2O4/c22-16-3-1-2-14(10-16)11-20(25)24-8-6-15(7-9-24)21(26)23-17-4-5-18-19(12-17)28-13-27-18/h1-5,10,12,15H,6-9,11,13H2,(H,23,26). The number of hydrogen-bond donors (Lipinski definition) is 1. The molecule has 0 unspecified atom stereocenters. The van der Waals surface area contributed by atoms with Crippen LogP contribution in [-0.4, -0.2) is 36.6 Å². The number of carbonyl (C=O) groups is 2. The van der Waals surface area contributed by atoms with E-state index in [-0.39, 0.29) is 36.8 Å². The number of carbonyl (C=O) groups excluding carboxylic acids is 2. The minimum Gasteiger partial charge on any atom is -0.454 e. The molecular weight excluding hydrogens is 363 g/mol. The molecule has 0 radical (unpaired) electrons. The Morgan fingerprint density at radius 3 is 2.64 bits per heavy atom. The van der Waals surface area contributed by atoms with Crippen LogP contribution in [0.2, 0.25) is 0 Å². The largest absolute Gasteiger partial charge is 0.454 e. The lowest BCUT2D eigenvalue weighted by atomic mass is 9.95. The second-order valence-electron chi connectivity index (χ2n) is 7.02. The van der Waals surface area contributed by atoms with Crippen LogP contribution in [0.1, 0.15) is 18.4 Å². The minimum atomic E-state index is -0.343. The molecule has 1 N–H and O–H groups in total. The molecule has 2 aromatic rings. The zero-order valence-electron chi connectivity index (χ0n) is 15.3. The molecule has 0 atom stereocenters. The number of fused-ring (bicyclic) bond motifs is 1. The van der Waals surface area contributed by atoms with Gasteiger partial charge in [0.1, 0.15) is 5.82 Å². The fraction of sp³-hybridized carbons (Fsp3) is 0.333. The van der Waals surface area contributed by atoms with Crippen molar-refractivity contribution < 1.29 is 23.5 Å². The molecule has 0 aromatic heterocycles. The van der Waals surface area contributed by atoms with Gasteiger partial charge in [-0.1, -0.05) is 12.1 Å². The van der Waals surface area contributed by atoms with Crippen molar-refractivity contribution in [3.8, 4) is 11.5 Å². The molecule has 2 heterocycles.